The van der Waals surface area contributed by atoms with Crippen LogP contribution < -0.4 is 16.4 Å². The standard InChI is InChI=1S/C22H36N4O7/c1-15(2)21(17(27)14-16(3)22(31)24-8-7-23)25-18(28)6-10-32-12-13-33-11-9-26-19(29)4-5-20(26)30/h4-5,15-16,21H,6-14,23H2,1-3H3,(H,24,31)(H,25,28)/t16-,21+/m1/s1. The Labute approximate surface area is 194 Å². The van der Waals surface area contributed by atoms with Gasteiger partial charge in [0.05, 0.1) is 39.0 Å². The maximum atomic E-state index is 12.6. The number of ketones is 1. The summed E-state index contributed by atoms with van der Waals surface area (Å²) in [6.07, 6.45) is 2.53. The molecule has 0 saturated heterocycles. The van der Waals surface area contributed by atoms with Crippen molar-refractivity contribution in [3.05, 3.63) is 12.2 Å². The summed E-state index contributed by atoms with van der Waals surface area (Å²) in [6, 6.07) is -0.684. The number of carbonyl (C=O) groups excluding carboxylic acids is 5. The van der Waals surface area contributed by atoms with Gasteiger partial charge in [-0.15, -0.1) is 0 Å². The van der Waals surface area contributed by atoms with Gasteiger partial charge in [0.15, 0.2) is 5.78 Å². The van der Waals surface area contributed by atoms with E-state index in [0.29, 0.717) is 13.1 Å². The second-order valence-electron chi connectivity index (χ2n) is 8.08. The lowest BCUT2D eigenvalue weighted by atomic mass is 9.92. The first-order valence-electron chi connectivity index (χ1n) is 11.2. The minimum Gasteiger partial charge on any atom is -0.379 e. The van der Waals surface area contributed by atoms with Gasteiger partial charge in [-0.05, 0) is 5.92 Å². The highest BCUT2D eigenvalue weighted by molar-refractivity contribution is 6.12. The minimum absolute atomic E-state index is 0.0258. The predicted molar refractivity (Wildman–Crippen MR) is 120 cm³/mol. The zero-order valence-electron chi connectivity index (χ0n) is 19.6. The molecule has 11 nitrogen and oxygen atoms in total. The highest BCUT2D eigenvalue weighted by Gasteiger charge is 2.27. The monoisotopic (exact) mass is 468 g/mol. The Hall–Kier alpha value is -2.63. The maximum absolute atomic E-state index is 12.6. The molecule has 1 aliphatic rings. The number of ether oxygens (including phenoxy) is 2. The number of nitrogens with two attached hydrogens (primary N) is 1. The summed E-state index contributed by atoms with van der Waals surface area (Å²) in [4.78, 5) is 60.6. The van der Waals surface area contributed by atoms with E-state index >= 15 is 0 Å². The molecule has 1 heterocycles. The van der Waals surface area contributed by atoms with Gasteiger partial charge in [-0.25, -0.2) is 0 Å². The second-order valence-corrected chi connectivity index (χ2v) is 8.08. The second kappa shape index (κ2) is 15.3. The number of hydrogen-bond acceptors (Lipinski definition) is 8. The van der Waals surface area contributed by atoms with E-state index in [4.69, 9.17) is 15.2 Å². The summed E-state index contributed by atoms with van der Waals surface area (Å²) >= 11 is 0. The van der Waals surface area contributed by atoms with Crippen LogP contribution in [0.25, 0.3) is 0 Å². The van der Waals surface area contributed by atoms with Gasteiger partial charge < -0.3 is 25.8 Å². The highest BCUT2D eigenvalue weighted by atomic mass is 16.5. The summed E-state index contributed by atoms with van der Waals surface area (Å²) in [5.41, 5.74) is 5.36. The van der Waals surface area contributed by atoms with Gasteiger partial charge in [-0.3, -0.25) is 28.9 Å². The van der Waals surface area contributed by atoms with Crippen molar-refractivity contribution in [2.75, 3.05) is 46.1 Å². The molecule has 0 aromatic rings. The van der Waals surface area contributed by atoms with Crippen molar-refractivity contribution in [3.8, 4) is 0 Å². The molecule has 0 radical (unpaired) electrons. The molecule has 2 atom stereocenters. The van der Waals surface area contributed by atoms with Crippen LogP contribution in [0.1, 0.15) is 33.6 Å². The van der Waals surface area contributed by atoms with Gasteiger partial charge in [-0.2, -0.15) is 0 Å². The van der Waals surface area contributed by atoms with E-state index in [1.807, 2.05) is 13.8 Å². The van der Waals surface area contributed by atoms with E-state index in [1.165, 1.54) is 12.2 Å². The van der Waals surface area contributed by atoms with Crippen molar-refractivity contribution in [1.82, 2.24) is 15.5 Å². The molecule has 1 aliphatic heterocycles. The smallest absolute Gasteiger partial charge is 0.253 e. The van der Waals surface area contributed by atoms with Gasteiger partial charge in [0.1, 0.15) is 0 Å². The molecular formula is C22H36N4O7. The minimum atomic E-state index is -0.684. The average Bonchev–Trinajstić information content (AvgIpc) is 3.09. The Morgan fingerprint density at radius 2 is 1.61 bits per heavy atom. The molecule has 0 fully saturated rings. The number of imide groups is 1. The fourth-order valence-electron chi connectivity index (χ4n) is 3.05. The van der Waals surface area contributed by atoms with Crippen LogP contribution in [0.5, 0.6) is 0 Å². The molecule has 4 amide bonds. The third kappa shape index (κ3) is 10.7. The van der Waals surface area contributed by atoms with Gasteiger partial charge in [-0.1, -0.05) is 20.8 Å². The molecular weight excluding hydrogens is 432 g/mol. The van der Waals surface area contributed by atoms with Crippen LogP contribution >= 0.6 is 0 Å². The van der Waals surface area contributed by atoms with E-state index in [1.54, 1.807) is 6.92 Å². The van der Waals surface area contributed by atoms with E-state index < -0.39 is 12.0 Å². The van der Waals surface area contributed by atoms with Gasteiger partial charge >= 0.3 is 0 Å². The van der Waals surface area contributed by atoms with Gasteiger partial charge in [0.2, 0.25) is 11.8 Å². The lowest BCUT2D eigenvalue weighted by Gasteiger charge is -2.22. The average molecular weight is 469 g/mol. The largest absolute Gasteiger partial charge is 0.379 e. The number of rotatable bonds is 17. The van der Waals surface area contributed by atoms with Crippen molar-refractivity contribution < 1.29 is 33.4 Å². The summed E-state index contributed by atoms with van der Waals surface area (Å²) in [6.45, 7) is 7.01. The van der Waals surface area contributed by atoms with E-state index in [2.05, 4.69) is 10.6 Å². The van der Waals surface area contributed by atoms with Crippen LogP contribution in [0.3, 0.4) is 0 Å². The van der Waals surface area contributed by atoms with E-state index in [0.717, 1.165) is 4.90 Å². The Morgan fingerprint density at radius 3 is 2.18 bits per heavy atom. The van der Waals surface area contributed by atoms with Crippen LogP contribution in [0.15, 0.2) is 12.2 Å². The first kappa shape index (κ1) is 28.4. The molecule has 1 rings (SSSR count). The zero-order valence-corrected chi connectivity index (χ0v) is 19.6. The number of nitrogens with zero attached hydrogens (tertiary/aromatic N) is 1. The lowest BCUT2D eigenvalue weighted by Crippen LogP contribution is -2.46. The quantitative estimate of drug-likeness (QED) is 0.184. The van der Waals surface area contributed by atoms with E-state index in [9.17, 15) is 24.0 Å². The molecule has 0 saturated carbocycles. The number of hydrogen-bond donors (Lipinski definition) is 3. The first-order valence-corrected chi connectivity index (χ1v) is 11.2. The molecule has 0 bridgehead atoms. The van der Waals surface area contributed by atoms with Crippen molar-refractivity contribution in [2.24, 2.45) is 17.6 Å². The van der Waals surface area contributed by atoms with Crippen molar-refractivity contribution in [2.45, 2.75) is 39.7 Å². The van der Waals surface area contributed by atoms with Crippen LogP contribution in [0.4, 0.5) is 0 Å². The fraction of sp³-hybridized carbons (Fsp3) is 0.682. The summed E-state index contributed by atoms with van der Waals surface area (Å²) in [7, 11) is 0. The van der Waals surface area contributed by atoms with Crippen LogP contribution in [0, 0.1) is 11.8 Å². The summed E-state index contributed by atoms with van der Waals surface area (Å²) in [5, 5.41) is 5.38. The first-order chi connectivity index (χ1) is 15.7. The van der Waals surface area contributed by atoms with Crippen molar-refractivity contribution in [1.29, 1.82) is 0 Å². The Morgan fingerprint density at radius 1 is 1.00 bits per heavy atom. The summed E-state index contributed by atoms with van der Waals surface area (Å²) in [5.74, 6) is -2.10. The Balaban J connectivity index is 2.22. The van der Waals surface area contributed by atoms with Gasteiger partial charge in [0, 0.05) is 44.0 Å². The highest BCUT2D eigenvalue weighted by Crippen LogP contribution is 2.11. The van der Waals surface area contributed by atoms with Gasteiger partial charge in [0.25, 0.3) is 11.8 Å². The number of nitrogens with one attached hydrogen (secondary N) is 2. The molecule has 4 N–H and O–H groups in total. The van der Waals surface area contributed by atoms with Crippen LogP contribution in [-0.4, -0.2) is 86.4 Å². The molecule has 0 aromatic heterocycles. The van der Waals surface area contributed by atoms with Crippen LogP contribution in [0.2, 0.25) is 0 Å². The lowest BCUT2D eigenvalue weighted by molar-refractivity contribution is -0.137. The van der Waals surface area contributed by atoms with Crippen molar-refractivity contribution >= 4 is 29.4 Å². The molecule has 0 spiro atoms. The third-order valence-corrected chi connectivity index (χ3v) is 4.93. The number of carbonyl (C=O) groups is 5. The molecule has 0 aliphatic carbocycles. The Kier molecular flexibility index (Phi) is 13.1. The molecule has 0 unspecified atom stereocenters. The molecule has 33 heavy (non-hydrogen) atoms. The maximum Gasteiger partial charge on any atom is 0.253 e. The predicted octanol–water partition coefficient (Wildman–Crippen LogP) is -0.854. The molecule has 186 valence electrons. The normalized spacial score (nSPS) is 15.1. The number of amides is 4. The zero-order chi connectivity index (χ0) is 24.8. The SMILES string of the molecule is CC(C)[C@H](NC(=O)CCOCCOCCN1C(=O)C=CC1=O)C(=O)C[C@@H](C)C(=O)NCCN. The van der Waals surface area contributed by atoms with E-state index in [-0.39, 0.29) is 81.1 Å². The van der Waals surface area contributed by atoms with Crippen molar-refractivity contribution in [3.63, 3.8) is 0 Å². The Bertz CT molecular complexity index is 706. The molecule has 0 aromatic carbocycles. The summed E-state index contributed by atoms with van der Waals surface area (Å²) < 4.78 is 10.7. The third-order valence-electron chi connectivity index (χ3n) is 4.93. The topological polar surface area (TPSA) is 157 Å². The van der Waals surface area contributed by atoms with Crippen LogP contribution in [-0.2, 0) is 33.4 Å². The molecule has 11 heteroatoms. The fourth-order valence-corrected chi connectivity index (χ4v) is 3.05. The number of Topliss-reactive ketones (excluding diaryl/α,β-unsaturated/α-hetero) is 1.